The molecule has 104 valence electrons. The van der Waals surface area contributed by atoms with Gasteiger partial charge in [-0.2, -0.15) is 0 Å². The van der Waals surface area contributed by atoms with Crippen LogP contribution in [0.3, 0.4) is 0 Å². The number of aromatic nitrogens is 1. The van der Waals surface area contributed by atoms with Gasteiger partial charge in [-0.25, -0.2) is 0 Å². The Morgan fingerprint density at radius 1 is 1.40 bits per heavy atom. The van der Waals surface area contributed by atoms with Crippen molar-refractivity contribution in [2.45, 2.75) is 39.2 Å². The van der Waals surface area contributed by atoms with Crippen LogP contribution in [0.5, 0.6) is 0 Å². The SMILES string of the molecule is C#CCCN1CCc2[nH]c3ccc(C(C)C)cc3c2C1. The molecule has 2 aromatic rings. The average Bonchev–Trinajstić information content (AvgIpc) is 2.82. The molecule has 2 nitrogen and oxygen atoms in total. The van der Waals surface area contributed by atoms with Gasteiger partial charge < -0.3 is 4.98 Å². The molecule has 0 atom stereocenters. The van der Waals surface area contributed by atoms with E-state index in [1.165, 1.54) is 27.7 Å². The fourth-order valence-electron chi connectivity index (χ4n) is 3.06. The zero-order valence-corrected chi connectivity index (χ0v) is 12.4. The molecule has 0 unspecified atom stereocenters. The quantitative estimate of drug-likeness (QED) is 0.840. The summed E-state index contributed by atoms with van der Waals surface area (Å²) in [7, 11) is 0. The number of terminal acetylenes is 1. The van der Waals surface area contributed by atoms with Crippen molar-refractivity contribution in [3.8, 4) is 12.3 Å². The summed E-state index contributed by atoms with van der Waals surface area (Å²) in [5, 5.41) is 1.40. The first kappa shape index (κ1) is 13.3. The van der Waals surface area contributed by atoms with E-state index < -0.39 is 0 Å². The van der Waals surface area contributed by atoms with Gasteiger partial charge in [0.25, 0.3) is 0 Å². The molecule has 1 aromatic carbocycles. The van der Waals surface area contributed by atoms with Gasteiger partial charge in [0.1, 0.15) is 0 Å². The van der Waals surface area contributed by atoms with E-state index >= 15 is 0 Å². The highest BCUT2D eigenvalue weighted by molar-refractivity contribution is 5.85. The maximum atomic E-state index is 5.38. The Morgan fingerprint density at radius 2 is 2.25 bits per heavy atom. The zero-order chi connectivity index (χ0) is 14.1. The number of hydrogen-bond acceptors (Lipinski definition) is 1. The fraction of sp³-hybridized carbons (Fsp3) is 0.444. The minimum Gasteiger partial charge on any atom is -0.358 e. The van der Waals surface area contributed by atoms with Crippen LogP contribution in [-0.2, 0) is 13.0 Å². The van der Waals surface area contributed by atoms with E-state index in [4.69, 9.17) is 6.42 Å². The molecule has 1 aromatic heterocycles. The highest BCUT2D eigenvalue weighted by Gasteiger charge is 2.20. The molecule has 2 heteroatoms. The van der Waals surface area contributed by atoms with Gasteiger partial charge in [-0.3, -0.25) is 4.90 Å². The van der Waals surface area contributed by atoms with Crippen molar-refractivity contribution in [2.75, 3.05) is 13.1 Å². The lowest BCUT2D eigenvalue weighted by molar-refractivity contribution is 0.260. The third kappa shape index (κ3) is 2.34. The van der Waals surface area contributed by atoms with Crippen molar-refractivity contribution in [1.29, 1.82) is 0 Å². The number of hydrogen-bond donors (Lipinski definition) is 1. The summed E-state index contributed by atoms with van der Waals surface area (Å²) in [4.78, 5) is 6.06. The van der Waals surface area contributed by atoms with E-state index in [-0.39, 0.29) is 0 Å². The molecule has 0 amide bonds. The summed E-state index contributed by atoms with van der Waals surface area (Å²) < 4.78 is 0. The van der Waals surface area contributed by atoms with Crippen LogP contribution >= 0.6 is 0 Å². The topological polar surface area (TPSA) is 19.0 Å². The summed E-state index contributed by atoms with van der Waals surface area (Å²) >= 11 is 0. The van der Waals surface area contributed by atoms with Gasteiger partial charge in [-0.1, -0.05) is 19.9 Å². The number of nitrogens with zero attached hydrogens (tertiary/aromatic N) is 1. The van der Waals surface area contributed by atoms with Crippen molar-refractivity contribution in [2.24, 2.45) is 0 Å². The molecule has 1 aliphatic rings. The lowest BCUT2D eigenvalue weighted by atomic mass is 9.98. The molecule has 0 aliphatic carbocycles. The van der Waals surface area contributed by atoms with Crippen molar-refractivity contribution < 1.29 is 0 Å². The Morgan fingerprint density at radius 3 is 3.00 bits per heavy atom. The van der Waals surface area contributed by atoms with Crippen LogP contribution < -0.4 is 0 Å². The number of aromatic amines is 1. The summed E-state index contributed by atoms with van der Waals surface area (Å²) in [5.74, 6) is 3.32. The van der Waals surface area contributed by atoms with Crippen LogP contribution in [0.15, 0.2) is 18.2 Å². The van der Waals surface area contributed by atoms with Gasteiger partial charge in [0.2, 0.25) is 0 Å². The first-order valence-corrected chi connectivity index (χ1v) is 7.48. The molecule has 2 heterocycles. The van der Waals surface area contributed by atoms with Gasteiger partial charge in [-0.05, 0) is 29.2 Å². The molecule has 0 bridgehead atoms. The molecule has 0 spiro atoms. The largest absolute Gasteiger partial charge is 0.358 e. The summed E-state index contributed by atoms with van der Waals surface area (Å²) in [6, 6.07) is 6.83. The normalized spacial score (nSPS) is 15.5. The predicted molar refractivity (Wildman–Crippen MR) is 84.8 cm³/mol. The fourth-order valence-corrected chi connectivity index (χ4v) is 3.06. The maximum absolute atomic E-state index is 5.38. The molecular formula is C18H22N2. The lowest BCUT2D eigenvalue weighted by Crippen LogP contribution is -2.30. The molecule has 0 fully saturated rings. The highest BCUT2D eigenvalue weighted by atomic mass is 15.1. The van der Waals surface area contributed by atoms with Crippen LogP contribution in [0.4, 0.5) is 0 Å². The van der Waals surface area contributed by atoms with Crippen molar-refractivity contribution >= 4 is 10.9 Å². The van der Waals surface area contributed by atoms with E-state index in [2.05, 4.69) is 47.9 Å². The molecule has 1 aliphatic heterocycles. The Labute approximate surface area is 121 Å². The maximum Gasteiger partial charge on any atom is 0.0459 e. The van der Waals surface area contributed by atoms with E-state index in [1.54, 1.807) is 0 Å². The summed E-state index contributed by atoms with van der Waals surface area (Å²) in [5.41, 5.74) is 5.59. The number of rotatable bonds is 3. The predicted octanol–water partition coefficient (Wildman–Crippen LogP) is 3.67. The molecule has 0 radical (unpaired) electrons. The van der Waals surface area contributed by atoms with Gasteiger partial charge in [0, 0.05) is 49.1 Å². The van der Waals surface area contributed by atoms with E-state index in [0.29, 0.717) is 5.92 Å². The molecule has 0 saturated carbocycles. The van der Waals surface area contributed by atoms with E-state index in [0.717, 1.165) is 32.5 Å². The monoisotopic (exact) mass is 266 g/mol. The number of H-pyrrole nitrogens is 1. The Balaban J connectivity index is 1.96. The first-order chi connectivity index (χ1) is 9.69. The number of benzene rings is 1. The smallest absolute Gasteiger partial charge is 0.0459 e. The zero-order valence-electron chi connectivity index (χ0n) is 12.4. The third-order valence-electron chi connectivity index (χ3n) is 4.32. The van der Waals surface area contributed by atoms with Crippen LogP contribution in [0, 0.1) is 12.3 Å². The standard InChI is InChI=1S/C18H22N2/c1-4-5-9-20-10-8-18-16(12-20)15-11-14(13(2)3)6-7-17(15)19-18/h1,6-7,11,13,19H,5,8-10,12H2,2-3H3. The lowest BCUT2D eigenvalue weighted by Gasteiger charge is -2.26. The molecule has 0 saturated heterocycles. The van der Waals surface area contributed by atoms with Gasteiger partial charge in [-0.15, -0.1) is 12.3 Å². The summed E-state index contributed by atoms with van der Waals surface area (Å²) in [6.45, 7) is 7.64. The molecule has 3 rings (SSSR count). The number of fused-ring (bicyclic) bond motifs is 3. The van der Waals surface area contributed by atoms with Crippen LogP contribution in [0.2, 0.25) is 0 Å². The van der Waals surface area contributed by atoms with Gasteiger partial charge in [0.05, 0.1) is 0 Å². The molecule has 1 N–H and O–H groups in total. The van der Waals surface area contributed by atoms with Crippen molar-refractivity contribution in [1.82, 2.24) is 9.88 Å². The Hall–Kier alpha value is -1.72. The Kier molecular flexibility index (Phi) is 3.54. The van der Waals surface area contributed by atoms with E-state index in [1.807, 2.05) is 0 Å². The minimum atomic E-state index is 0.575. The van der Waals surface area contributed by atoms with Crippen LogP contribution in [0.25, 0.3) is 10.9 Å². The summed E-state index contributed by atoms with van der Waals surface area (Å²) in [6.07, 6.45) is 7.33. The van der Waals surface area contributed by atoms with Crippen molar-refractivity contribution in [3.05, 3.63) is 35.0 Å². The first-order valence-electron chi connectivity index (χ1n) is 7.48. The molecular weight excluding hydrogens is 244 g/mol. The second-order valence-corrected chi connectivity index (χ2v) is 6.02. The van der Waals surface area contributed by atoms with Gasteiger partial charge in [0.15, 0.2) is 0 Å². The average molecular weight is 266 g/mol. The van der Waals surface area contributed by atoms with Crippen molar-refractivity contribution in [3.63, 3.8) is 0 Å². The number of nitrogens with one attached hydrogen (secondary N) is 1. The second-order valence-electron chi connectivity index (χ2n) is 6.02. The second kappa shape index (κ2) is 5.34. The van der Waals surface area contributed by atoms with Crippen LogP contribution in [0.1, 0.15) is 43.0 Å². The Bertz CT molecular complexity index is 658. The van der Waals surface area contributed by atoms with Gasteiger partial charge >= 0.3 is 0 Å². The third-order valence-corrected chi connectivity index (χ3v) is 4.32. The highest BCUT2D eigenvalue weighted by Crippen LogP contribution is 2.30. The molecule has 20 heavy (non-hydrogen) atoms. The van der Waals surface area contributed by atoms with Crippen LogP contribution in [-0.4, -0.2) is 23.0 Å². The minimum absolute atomic E-state index is 0.575. The van der Waals surface area contributed by atoms with E-state index in [9.17, 15) is 0 Å².